The topological polar surface area (TPSA) is 0 Å². The Morgan fingerprint density at radius 3 is 1.37 bits per heavy atom. The highest BCUT2D eigenvalue weighted by atomic mass is 14.4. The Labute approximate surface area is 123 Å². The Kier molecular flexibility index (Phi) is 9.83. The smallest absolute Gasteiger partial charge is 0.0277 e. The first-order valence-electron chi connectivity index (χ1n) is 8.66. The van der Waals surface area contributed by atoms with Crippen LogP contribution in [0.3, 0.4) is 0 Å². The molecule has 1 radical (unpaired) electrons. The quantitative estimate of drug-likeness (QED) is 0.348. The summed E-state index contributed by atoms with van der Waals surface area (Å²) in [5.41, 5.74) is 0.555. The van der Waals surface area contributed by atoms with Crippen LogP contribution in [0.15, 0.2) is 0 Å². The number of unbranched alkanes of at least 4 members (excludes halogenated alkanes) is 9. The lowest BCUT2D eigenvalue weighted by molar-refractivity contribution is 0.147. The Morgan fingerprint density at radius 2 is 1.00 bits per heavy atom. The van der Waals surface area contributed by atoms with Crippen LogP contribution >= 0.6 is 0 Å². The van der Waals surface area contributed by atoms with Crippen molar-refractivity contribution < 1.29 is 0 Å². The molecule has 0 aliphatic heterocycles. The molecule has 0 heterocycles. The van der Waals surface area contributed by atoms with Crippen molar-refractivity contribution in [2.45, 2.75) is 105 Å². The number of hydrogen-bond donors (Lipinski definition) is 0. The van der Waals surface area contributed by atoms with E-state index in [9.17, 15) is 0 Å². The van der Waals surface area contributed by atoms with Gasteiger partial charge in [-0.1, -0.05) is 98.8 Å². The van der Waals surface area contributed by atoms with Gasteiger partial charge in [-0.3, -0.25) is 0 Å². The van der Waals surface area contributed by atoms with Crippen molar-refractivity contribution >= 4 is 0 Å². The zero-order chi connectivity index (χ0) is 14.8. The van der Waals surface area contributed by atoms with Crippen molar-refractivity contribution in [3.63, 3.8) is 0 Å². The third-order valence-electron chi connectivity index (χ3n) is 4.89. The Balaban J connectivity index is 3.37. The van der Waals surface area contributed by atoms with Gasteiger partial charge in [-0.05, 0) is 24.2 Å². The molecule has 0 saturated heterocycles. The molecule has 1 unspecified atom stereocenters. The van der Waals surface area contributed by atoms with E-state index < -0.39 is 0 Å². The van der Waals surface area contributed by atoms with Gasteiger partial charge >= 0.3 is 0 Å². The third kappa shape index (κ3) is 9.52. The fourth-order valence-electron chi connectivity index (χ4n) is 2.38. The van der Waals surface area contributed by atoms with Gasteiger partial charge in [-0.25, -0.2) is 0 Å². The molecule has 0 heteroatoms. The summed E-state index contributed by atoms with van der Waals surface area (Å²) in [6.45, 7) is 16.0. The van der Waals surface area contributed by atoms with E-state index in [-0.39, 0.29) is 5.41 Å². The van der Waals surface area contributed by atoms with E-state index in [1.807, 2.05) is 0 Å². The van der Waals surface area contributed by atoms with Crippen molar-refractivity contribution in [1.82, 2.24) is 0 Å². The molecular weight excluding hydrogens is 228 g/mol. The predicted octanol–water partition coefficient (Wildman–Crippen LogP) is 7.18. The van der Waals surface area contributed by atoms with Gasteiger partial charge in [0.25, 0.3) is 0 Å². The van der Waals surface area contributed by atoms with E-state index >= 15 is 0 Å². The van der Waals surface area contributed by atoms with Crippen LogP contribution in [0, 0.1) is 17.8 Å². The molecule has 0 aromatic heterocycles. The molecule has 0 aliphatic rings. The van der Waals surface area contributed by atoms with Gasteiger partial charge in [0.15, 0.2) is 0 Å². The molecule has 0 rings (SSSR count). The molecule has 0 spiro atoms. The van der Waals surface area contributed by atoms with E-state index in [0.717, 1.165) is 0 Å². The normalized spacial score (nSPS) is 12.9. The lowest BCUT2D eigenvalue weighted by Gasteiger charge is -2.39. The van der Waals surface area contributed by atoms with Crippen LogP contribution in [-0.2, 0) is 0 Å². The van der Waals surface area contributed by atoms with Crippen molar-refractivity contribution in [1.29, 1.82) is 0 Å². The fourth-order valence-corrected chi connectivity index (χ4v) is 2.38. The maximum Gasteiger partial charge on any atom is -0.0277 e. The van der Waals surface area contributed by atoms with Gasteiger partial charge < -0.3 is 0 Å². The lowest BCUT2D eigenvalue weighted by Crippen LogP contribution is -2.29. The predicted molar refractivity (Wildman–Crippen MR) is 89.4 cm³/mol. The third-order valence-corrected chi connectivity index (χ3v) is 4.89. The first kappa shape index (κ1) is 19.0. The molecule has 0 amide bonds. The van der Waals surface area contributed by atoms with E-state index in [1.54, 1.807) is 0 Å². The summed E-state index contributed by atoms with van der Waals surface area (Å²) >= 11 is 0. The Morgan fingerprint density at radius 1 is 0.632 bits per heavy atom. The summed E-state index contributed by atoms with van der Waals surface area (Å²) in [5.74, 6) is 0. The van der Waals surface area contributed by atoms with Crippen LogP contribution in [0.1, 0.15) is 105 Å². The average molecular weight is 268 g/mol. The van der Waals surface area contributed by atoms with E-state index in [0.29, 0.717) is 5.41 Å². The summed E-state index contributed by atoms with van der Waals surface area (Å²) in [7, 11) is 0. The van der Waals surface area contributed by atoms with Crippen LogP contribution in [0.4, 0.5) is 0 Å². The molecule has 0 aromatic rings. The highest BCUT2D eigenvalue weighted by Crippen LogP contribution is 2.41. The van der Waals surface area contributed by atoms with Crippen LogP contribution in [0.5, 0.6) is 0 Å². The molecule has 0 nitrogen and oxygen atoms in total. The highest BCUT2D eigenvalue weighted by molar-refractivity contribution is 4.88. The molecule has 0 saturated carbocycles. The van der Waals surface area contributed by atoms with Crippen molar-refractivity contribution in [2.24, 2.45) is 10.8 Å². The van der Waals surface area contributed by atoms with Crippen molar-refractivity contribution in [3.05, 3.63) is 6.92 Å². The fraction of sp³-hybridized carbons (Fsp3) is 0.947. The van der Waals surface area contributed by atoms with E-state index in [4.69, 9.17) is 0 Å². The molecule has 1 atom stereocenters. The first-order chi connectivity index (χ1) is 8.81. The van der Waals surface area contributed by atoms with Crippen LogP contribution in [-0.4, -0.2) is 0 Å². The SMILES string of the molecule is [CH2]C(C)(CCCCCCCCCCCC)C(C)(C)C. The Bertz CT molecular complexity index is 195. The van der Waals surface area contributed by atoms with Gasteiger partial charge in [0.1, 0.15) is 0 Å². The number of rotatable bonds is 11. The minimum Gasteiger partial charge on any atom is -0.0654 e. The summed E-state index contributed by atoms with van der Waals surface area (Å²) in [4.78, 5) is 0. The molecule has 0 aliphatic carbocycles. The molecule has 0 fully saturated rings. The van der Waals surface area contributed by atoms with Gasteiger partial charge in [-0.15, -0.1) is 0 Å². The summed E-state index contributed by atoms with van der Waals surface area (Å²) in [6, 6.07) is 0. The molecule has 115 valence electrons. The molecule has 0 bridgehead atoms. The zero-order valence-corrected chi connectivity index (χ0v) is 14.5. The molecule has 0 N–H and O–H groups in total. The molecule has 0 aromatic carbocycles. The summed E-state index contributed by atoms with van der Waals surface area (Å²) in [6.07, 6.45) is 15.5. The second-order valence-electron chi connectivity index (χ2n) is 7.74. The van der Waals surface area contributed by atoms with Gasteiger partial charge in [0.05, 0.1) is 0 Å². The summed E-state index contributed by atoms with van der Waals surface area (Å²) < 4.78 is 0. The van der Waals surface area contributed by atoms with Crippen molar-refractivity contribution in [3.8, 4) is 0 Å². The minimum atomic E-state index is 0.229. The standard InChI is InChI=1S/C19H39/c1-7-8-9-10-11-12-13-14-15-16-17-19(5,6)18(2,3)4/h5,7-17H2,1-4,6H3. The maximum atomic E-state index is 4.42. The molecule has 19 heavy (non-hydrogen) atoms. The highest BCUT2D eigenvalue weighted by Gasteiger charge is 2.31. The Hall–Kier alpha value is 0. The largest absolute Gasteiger partial charge is 0.0654 e. The monoisotopic (exact) mass is 267 g/mol. The summed E-state index contributed by atoms with van der Waals surface area (Å²) in [5, 5.41) is 0. The zero-order valence-electron chi connectivity index (χ0n) is 14.5. The lowest BCUT2D eigenvalue weighted by atomic mass is 9.67. The van der Waals surface area contributed by atoms with Gasteiger partial charge in [0, 0.05) is 0 Å². The second-order valence-corrected chi connectivity index (χ2v) is 7.74. The van der Waals surface area contributed by atoms with Gasteiger partial charge in [0.2, 0.25) is 0 Å². The second kappa shape index (κ2) is 9.83. The van der Waals surface area contributed by atoms with Crippen LogP contribution < -0.4 is 0 Å². The maximum absolute atomic E-state index is 4.42. The molecular formula is C19H39. The minimum absolute atomic E-state index is 0.229. The van der Waals surface area contributed by atoms with Crippen LogP contribution in [0.2, 0.25) is 0 Å². The first-order valence-corrected chi connectivity index (χ1v) is 8.66. The number of hydrogen-bond acceptors (Lipinski definition) is 0. The average Bonchev–Trinajstić information content (AvgIpc) is 2.30. The van der Waals surface area contributed by atoms with Gasteiger partial charge in [-0.2, -0.15) is 0 Å². The van der Waals surface area contributed by atoms with Crippen molar-refractivity contribution in [2.75, 3.05) is 0 Å². The van der Waals surface area contributed by atoms with Crippen LogP contribution in [0.25, 0.3) is 0 Å². The van der Waals surface area contributed by atoms with E-state index in [1.165, 1.54) is 70.6 Å². The van der Waals surface area contributed by atoms with E-state index in [2.05, 4.69) is 41.5 Å².